The summed E-state index contributed by atoms with van der Waals surface area (Å²) in [6.45, 7) is 2.09. The fourth-order valence-electron chi connectivity index (χ4n) is 7.61. The molecule has 4 aromatic rings. The molecule has 4 aliphatic carbocycles. The van der Waals surface area contributed by atoms with E-state index < -0.39 is 0 Å². The van der Waals surface area contributed by atoms with Crippen LogP contribution in [0.25, 0.3) is 0 Å². The van der Waals surface area contributed by atoms with E-state index in [1.165, 1.54) is 46.8 Å². The highest BCUT2D eigenvalue weighted by Gasteiger charge is 2.57. The van der Waals surface area contributed by atoms with Gasteiger partial charge in [0.05, 0.1) is 10.9 Å². The quantitative estimate of drug-likeness (QED) is 0.147. The molecule has 4 fully saturated rings. The van der Waals surface area contributed by atoms with Gasteiger partial charge in [-0.1, -0.05) is 36.4 Å². The van der Waals surface area contributed by atoms with Crippen molar-refractivity contribution >= 4 is 16.9 Å². The van der Waals surface area contributed by atoms with Crippen LogP contribution in [0.15, 0.2) is 124 Å². The van der Waals surface area contributed by atoms with Crippen molar-refractivity contribution in [3.63, 3.8) is 0 Å². The van der Waals surface area contributed by atoms with E-state index in [2.05, 4.69) is 79.7 Å². The predicted octanol–water partition coefficient (Wildman–Crippen LogP) is 8.71. The smallest absolute Gasteiger partial charge is 0.344 e. The Kier molecular flexibility index (Phi) is 7.45. The Morgan fingerprint density at radius 3 is 1.62 bits per heavy atom. The standard InChI is InChI=1S/C37H37O4S/c1-37(28-21-26-20-27(23-28)24-29(37)22-26)41-36(38)25-39-30-12-14-31(15-13-30)40-32-16-18-35(19-17-32)42(33-8-4-2-5-9-33)34-10-6-3-7-11-34/h2-19,26-29H,20-25H2,1H3/q+1. The van der Waals surface area contributed by atoms with Gasteiger partial charge in [-0.05, 0) is 135 Å². The van der Waals surface area contributed by atoms with Crippen molar-refractivity contribution in [2.75, 3.05) is 6.61 Å². The third-order valence-electron chi connectivity index (χ3n) is 9.53. The molecule has 0 radical (unpaired) electrons. The van der Waals surface area contributed by atoms with E-state index in [4.69, 9.17) is 14.2 Å². The fraction of sp³-hybridized carbons (Fsp3) is 0.324. The Morgan fingerprint density at radius 1 is 0.643 bits per heavy atom. The predicted molar refractivity (Wildman–Crippen MR) is 165 cm³/mol. The number of hydrogen-bond acceptors (Lipinski definition) is 4. The normalized spacial score (nSPS) is 25.8. The first-order chi connectivity index (χ1) is 20.5. The molecule has 0 N–H and O–H groups in total. The van der Waals surface area contributed by atoms with Gasteiger partial charge >= 0.3 is 5.97 Å². The second-order valence-electron chi connectivity index (χ2n) is 12.2. The van der Waals surface area contributed by atoms with Gasteiger partial charge in [0.2, 0.25) is 0 Å². The Labute approximate surface area is 251 Å². The Morgan fingerprint density at radius 2 is 1.10 bits per heavy atom. The SMILES string of the molecule is CC1(OC(=O)COc2ccc(Oc3ccc([S+](c4ccccc4)c4ccccc4)cc3)cc2)C2CC3CC(C2)CC1C3. The second-order valence-corrected chi connectivity index (χ2v) is 14.3. The summed E-state index contributed by atoms with van der Waals surface area (Å²) < 4.78 is 18.1. The van der Waals surface area contributed by atoms with E-state index in [0.29, 0.717) is 23.3 Å². The molecule has 0 saturated heterocycles. The summed E-state index contributed by atoms with van der Waals surface area (Å²) in [5, 5.41) is 0. The number of carbonyl (C=O) groups excluding carboxylic acids is 1. The summed E-state index contributed by atoms with van der Waals surface area (Å²) in [6.07, 6.45) is 6.23. The largest absolute Gasteiger partial charge is 0.482 e. The molecule has 0 aromatic heterocycles. The average Bonchev–Trinajstić information content (AvgIpc) is 3.01. The maximum atomic E-state index is 12.8. The molecule has 0 heterocycles. The van der Waals surface area contributed by atoms with Crippen LogP contribution in [0.4, 0.5) is 0 Å². The maximum Gasteiger partial charge on any atom is 0.344 e. The van der Waals surface area contributed by atoms with Gasteiger partial charge in [-0.3, -0.25) is 0 Å². The van der Waals surface area contributed by atoms with Crippen LogP contribution in [-0.2, 0) is 20.4 Å². The van der Waals surface area contributed by atoms with Gasteiger partial charge in [0.1, 0.15) is 22.8 Å². The molecule has 0 atom stereocenters. The van der Waals surface area contributed by atoms with Crippen molar-refractivity contribution in [1.82, 2.24) is 0 Å². The van der Waals surface area contributed by atoms with Crippen LogP contribution in [0.5, 0.6) is 17.2 Å². The zero-order valence-electron chi connectivity index (χ0n) is 24.0. The highest BCUT2D eigenvalue weighted by molar-refractivity contribution is 7.97. The van der Waals surface area contributed by atoms with E-state index in [0.717, 1.165) is 17.6 Å². The number of esters is 1. The molecule has 4 bridgehead atoms. The third kappa shape index (κ3) is 5.55. The van der Waals surface area contributed by atoms with Crippen LogP contribution in [0.3, 0.4) is 0 Å². The van der Waals surface area contributed by atoms with Crippen molar-refractivity contribution in [2.24, 2.45) is 23.7 Å². The minimum Gasteiger partial charge on any atom is -0.482 e. The maximum absolute atomic E-state index is 12.8. The van der Waals surface area contributed by atoms with E-state index in [1.807, 2.05) is 36.4 Å². The molecule has 42 heavy (non-hydrogen) atoms. The highest BCUT2D eigenvalue weighted by atomic mass is 32.2. The van der Waals surface area contributed by atoms with Crippen molar-refractivity contribution in [2.45, 2.75) is 59.3 Å². The topological polar surface area (TPSA) is 44.8 Å². The fourth-order valence-corrected chi connectivity index (χ4v) is 9.69. The molecular weight excluding hydrogens is 540 g/mol. The number of hydrogen-bond donors (Lipinski definition) is 0. The first-order valence-corrected chi connectivity index (χ1v) is 16.3. The number of benzene rings is 4. The monoisotopic (exact) mass is 577 g/mol. The third-order valence-corrected chi connectivity index (χ3v) is 11.8. The molecule has 0 unspecified atom stereocenters. The minimum absolute atomic E-state index is 0.0751. The van der Waals surface area contributed by atoms with Gasteiger partial charge in [0, 0.05) is 0 Å². The molecule has 4 saturated carbocycles. The molecule has 4 nitrogen and oxygen atoms in total. The van der Waals surface area contributed by atoms with E-state index in [-0.39, 0.29) is 29.1 Å². The van der Waals surface area contributed by atoms with E-state index in [1.54, 1.807) is 0 Å². The number of ether oxygens (including phenoxy) is 3. The van der Waals surface area contributed by atoms with Crippen LogP contribution in [-0.4, -0.2) is 18.2 Å². The summed E-state index contributed by atoms with van der Waals surface area (Å²) in [7, 11) is -0.195. The Bertz CT molecular complexity index is 1430. The molecule has 0 aliphatic heterocycles. The molecule has 0 spiro atoms. The molecule has 8 rings (SSSR count). The molecule has 5 heteroatoms. The van der Waals surface area contributed by atoms with Crippen LogP contribution in [0.2, 0.25) is 0 Å². The van der Waals surface area contributed by atoms with Crippen molar-refractivity contribution in [3.8, 4) is 17.2 Å². The first-order valence-electron chi connectivity index (χ1n) is 15.1. The molecule has 4 aliphatic rings. The van der Waals surface area contributed by atoms with E-state index in [9.17, 15) is 4.79 Å². The lowest BCUT2D eigenvalue weighted by Crippen LogP contribution is -2.58. The van der Waals surface area contributed by atoms with Gasteiger partial charge in [0.15, 0.2) is 21.3 Å². The average molecular weight is 578 g/mol. The molecule has 4 aromatic carbocycles. The highest BCUT2D eigenvalue weighted by Crippen LogP contribution is 2.59. The molecule has 0 amide bonds. The zero-order chi connectivity index (χ0) is 28.5. The number of rotatable bonds is 9. The Balaban J connectivity index is 0.957. The summed E-state index contributed by atoms with van der Waals surface area (Å²) in [5.74, 6) is 4.53. The van der Waals surface area contributed by atoms with E-state index >= 15 is 0 Å². The lowest BCUT2D eigenvalue weighted by Gasteiger charge is -2.59. The summed E-state index contributed by atoms with van der Waals surface area (Å²) in [5.41, 5.74) is -0.330. The van der Waals surface area contributed by atoms with Crippen LogP contribution < -0.4 is 9.47 Å². The first kappa shape index (κ1) is 27.2. The van der Waals surface area contributed by atoms with Crippen molar-refractivity contribution in [1.29, 1.82) is 0 Å². The van der Waals surface area contributed by atoms with Gasteiger partial charge in [-0.15, -0.1) is 0 Å². The van der Waals surface area contributed by atoms with Crippen LogP contribution >= 0.6 is 0 Å². The van der Waals surface area contributed by atoms with Crippen molar-refractivity contribution in [3.05, 3.63) is 109 Å². The summed E-state index contributed by atoms with van der Waals surface area (Å²) >= 11 is 0. The summed E-state index contributed by atoms with van der Waals surface area (Å²) in [4.78, 5) is 16.6. The van der Waals surface area contributed by atoms with Crippen LogP contribution in [0.1, 0.15) is 39.0 Å². The number of carbonyl (C=O) groups is 1. The molecule has 214 valence electrons. The lowest BCUT2D eigenvalue weighted by molar-refractivity contribution is -0.204. The molecular formula is C37H37O4S+. The van der Waals surface area contributed by atoms with Gasteiger partial charge in [-0.2, -0.15) is 0 Å². The summed E-state index contributed by atoms with van der Waals surface area (Å²) in [6, 6.07) is 37.0. The minimum atomic E-state index is -0.330. The van der Waals surface area contributed by atoms with Crippen molar-refractivity contribution < 1.29 is 19.0 Å². The van der Waals surface area contributed by atoms with Crippen LogP contribution in [0, 0.1) is 23.7 Å². The van der Waals surface area contributed by atoms with Gasteiger partial charge in [0.25, 0.3) is 0 Å². The second kappa shape index (κ2) is 11.5. The zero-order valence-corrected chi connectivity index (χ0v) is 24.8. The van der Waals surface area contributed by atoms with Gasteiger partial charge < -0.3 is 14.2 Å². The Hall–Kier alpha value is -3.70. The van der Waals surface area contributed by atoms with Gasteiger partial charge in [-0.25, -0.2) is 4.79 Å². The lowest BCUT2D eigenvalue weighted by atomic mass is 9.50.